The molecule has 1 aromatic carbocycles. The Morgan fingerprint density at radius 2 is 1.81 bits per heavy atom. The molecule has 10 nitrogen and oxygen atoms in total. The Labute approximate surface area is 191 Å². The Morgan fingerprint density at radius 1 is 1.19 bits per heavy atom. The van der Waals surface area contributed by atoms with E-state index in [4.69, 9.17) is 12.2 Å². The summed E-state index contributed by atoms with van der Waals surface area (Å²) in [6.07, 6.45) is 1.37. The summed E-state index contributed by atoms with van der Waals surface area (Å²) in [5.41, 5.74) is 0.0284. The van der Waals surface area contributed by atoms with Crippen LogP contribution >= 0.6 is 12.2 Å². The fourth-order valence-electron chi connectivity index (χ4n) is 3.74. The van der Waals surface area contributed by atoms with Gasteiger partial charge < -0.3 is 9.80 Å². The number of carbonyl (C=O) groups is 3. The van der Waals surface area contributed by atoms with Crippen molar-refractivity contribution in [3.8, 4) is 0 Å². The zero-order chi connectivity index (χ0) is 23.8. The molecule has 32 heavy (non-hydrogen) atoms. The molecule has 11 heteroatoms. The van der Waals surface area contributed by atoms with Crippen LogP contribution in [0.3, 0.4) is 0 Å². The van der Waals surface area contributed by atoms with Gasteiger partial charge in [0, 0.05) is 62.0 Å². The number of hydrogen-bond donors (Lipinski definition) is 1. The molecular weight excluding hydrogens is 434 g/mol. The number of carbonyl (C=O) groups excluding carboxylic acids is 3. The number of nitrogens with one attached hydrogen (secondary N) is 1. The van der Waals surface area contributed by atoms with Crippen molar-refractivity contribution in [1.29, 1.82) is 0 Å². The molecule has 3 rings (SSSR count). The molecule has 0 atom stereocenters. The first kappa shape index (κ1) is 23.3. The van der Waals surface area contributed by atoms with E-state index in [2.05, 4.69) is 5.32 Å². The number of non-ortho nitro benzene ring substituents is 1. The summed E-state index contributed by atoms with van der Waals surface area (Å²) in [7, 11) is 0. The maximum absolute atomic E-state index is 13.1. The van der Waals surface area contributed by atoms with Crippen LogP contribution in [0.1, 0.15) is 33.3 Å². The fourth-order valence-corrected chi connectivity index (χ4v) is 4.19. The van der Waals surface area contributed by atoms with Gasteiger partial charge in [-0.3, -0.25) is 34.7 Å². The highest BCUT2D eigenvalue weighted by atomic mass is 32.1. The summed E-state index contributed by atoms with van der Waals surface area (Å²) in [5.74, 6) is -1.23. The van der Waals surface area contributed by atoms with Crippen LogP contribution in [-0.4, -0.2) is 69.3 Å². The lowest BCUT2D eigenvalue weighted by Gasteiger charge is -2.39. The van der Waals surface area contributed by atoms with Gasteiger partial charge in [0.05, 0.1) is 4.92 Å². The summed E-state index contributed by atoms with van der Waals surface area (Å²) < 4.78 is 0. The number of rotatable bonds is 3. The van der Waals surface area contributed by atoms with E-state index in [0.29, 0.717) is 37.4 Å². The summed E-state index contributed by atoms with van der Waals surface area (Å²) in [4.78, 5) is 53.2. The average Bonchev–Trinajstić information content (AvgIpc) is 2.69. The monoisotopic (exact) mass is 459 g/mol. The Balaban J connectivity index is 2.04. The van der Waals surface area contributed by atoms with Crippen LogP contribution in [0.5, 0.6) is 0 Å². The van der Waals surface area contributed by atoms with Crippen molar-refractivity contribution < 1.29 is 19.3 Å². The van der Waals surface area contributed by atoms with Gasteiger partial charge in [-0.15, -0.1) is 0 Å². The molecule has 2 aliphatic rings. The highest BCUT2D eigenvalue weighted by Crippen LogP contribution is 2.30. The third-order valence-electron chi connectivity index (χ3n) is 5.36. The van der Waals surface area contributed by atoms with Crippen molar-refractivity contribution in [2.24, 2.45) is 0 Å². The van der Waals surface area contributed by atoms with Crippen molar-refractivity contribution in [3.63, 3.8) is 0 Å². The van der Waals surface area contributed by atoms with Crippen LogP contribution in [-0.2, 0) is 14.4 Å². The fraction of sp³-hybridized carbons (Fsp3) is 0.429. The maximum atomic E-state index is 13.1. The predicted octanol–water partition coefficient (Wildman–Crippen LogP) is 1.69. The molecule has 0 saturated carbocycles. The molecule has 3 amide bonds. The largest absolute Gasteiger partial charge is 0.367 e. The number of nitrogens with zero attached hydrogens (tertiary/aromatic N) is 4. The van der Waals surface area contributed by atoms with E-state index in [-0.39, 0.29) is 22.3 Å². The number of amides is 3. The zero-order valence-corrected chi connectivity index (χ0v) is 19.2. The first-order valence-electron chi connectivity index (χ1n) is 10.1. The number of piperazine rings is 1. The third kappa shape index (κ3) is 4.62. The van der Waals surface area contributed by atoms with E-state index in [0.717, 1.165) is 0 Å². The van der Waals surface area contributed by atoms with Crippen molar-refractivity contribution in [2.75, 3.05) is 31.1 Å². The molecule has 1 aromatic rings. The summed E-state index contributed by atoms with van der Waals surface area (Å²) in [6, 6.07) is 4.33. The molecule has 0 bridgehead atoms. The minimum Gasteiger partial charge on any atom is -0.367 e. The molecule has 170 valence electrons. The second kappa shape index (κ2) is 8.65. The molecule has 0 spiro atoms. The SMILES string of the molecule is CC(=O)N1CCN(c2ccc([N+](=O)[O-])cc2/C=C2/C(=O)NC(=S)N(C(C)(C)C)C2=O)CC1. The van der Waals surface area contributed by atoms with Crippen molar-refractivity contribution >= 4 is 52.5 Å². The summed E-state index contributed by atoms with van der Waals surface area (Å²) in [5, 5.41) is 13.9. The van der Waals surface area contributed by atoms with Gasteiger partial charge in [-0.2, -0.15) is 0 Å². The van der Waals surface area contributed by atoms with Crippen molar-refractivity contribution in [3.05, 3.63) is 39.4 Å². The maximum Gasteiger partial charge on any atom is 0.270 e. The lowest BCUT2D eigenvalue weighted by molar-refractivity contribution is -0.384. The van der Waals surface area contributed by atoms with E-state index >= 15 is 0 Å². The quantitative estimate of drug-likeness (QED) is 0.240. The highest BCUT2D eigenvalue weighted by Gasteiger charge is 2.39. The Morgan fingerprint density at radius 3 is 2.34 bits per heavy atom. The molecule has 0 unspecified atom stereocenters. The van der Waals surface area contributed by atoms with E-state index < -0.39 is 22.3 Å². The van der Waals surface area contributed by atoms with Crippen LogP contribution in [0, 0.1) is 10.1 Å². The van der Waals surface area contributed by atoms with E-state index in [1.165, 1.54) is 30.0 Å². The Kier molecular flexibility index (Phi) is 6.31. The van der Waals surface area contributed by atoms with Gasteiger partial charge in [0.1, 0.15) is 5.57 Å². The topological polar surface area (TPSA) is 116 Å². The van der Waals surface area contributed by atoms with Gasteiger partial charge in [-0.05, 0) is 45.1 Å². The minimum atomic E-state index is -0.671. The van der Waals surface area contributed by atoms with Crippen LogP contribution in [0.2, 0.25) is 0 Å². The number of benzene rings is 1. The Hall–Kier alpha value is -3.34. The van der Waals surface area contributed by atoms with Gasteiger partial charge >= 0.3 is 0 Å². The first-order chi connectivity index (χ1) is 14.9. The zero-order valence-electron chi connectivity index (χ0n) is 18.4. The van der Waals surface area contributed by atoms with Gasteiger partial charge in [-0.25, -0.2) is 0 Å². The average molecular weight is 460 g/mol. The third-order valence-corrected chi connectivity index (χ3v) is 5.64. The van der Waals surface area contributed by atoms with E-state index in [1.807, 2.05) is 4.90 Å². The number of hydrogen-bond acceptors (Lipinski definition) is 7. The summed E-state index contributed by atoms with van der Waals surface area (Å²) >= 11 is 5.18. The van der Waals surface area contributed by atoms with E-state index in [1.54, 1.807) is 31.7 Å². The number of thiocarbonyl (C=S) groups is 1. The Bertz CT molecular complexity index is 1040. The molecule has 2 heterocycles. The second-order valence-electron chi connectivity index (χ2n) is 8.62. The van der Waals surface area contributed by atoms with Crippen molar-refractivity contribution in [1.82, 2.24) is 15.1 Å². The molecule has 2 aliphatic heterocycles. The smallest absolute Gasteiger partial charge is 0.270 e. The number of anilines is 1. The number of nitro benzene ring substituents is 1. The van der Waals surface area contributed by atoms with Crippen LogP contribution in [0.15, 0.2) is 23.8 Å². The summed E-state index contributed by atoms with van der Waals surface area (Å²) in [6.45, 7) is 8.94. The highest BCUT2D eigenvalue weighted by molar-refractivity contribution is 7.80. The molecule has 2 saturated heterocycles. The number of nitro groups is 1. The van der Waals surface area contributed by atoms with Gasteiger partial charge in [0.25, 0.3) is 17.5 Å². The van der Waals surface area contributed by atoms with E-state index in [9.17, 15) is 24.5 Å². The first-order valence-corrected chi connectivity index (χ1v) is 10.5. The lowest BCUT2D eigenvalue weighted by atomic mass is 10.00. The molecule has 0 aliphatic carbocycles. The lowest BCUT2D eigenvalue weighted by Crippen LogP contribution is -2.60. The van der Waals surface area contributed by atoms with Crippen LogP contribution < -0.4 is 10.2 Å². The molecular formula is C21H25N5O5S. The predicted molar refractivity (Wildman–Crippen MR) is 123 cm³/mol. The van der Waals surface area contributed by atoms with Gasteiger partial charge in [0.2, 0.25) is 5.91 Å². The molecule has 0 aromatic heterocycles. The van der Waals surface area contributed by atoms with Gasteiger partial charge in [0.15, 0.2) is 5.11 Å². The van der Waals surface area contributed by atoms with Crippen LogP contribution in [0.25, 0.3) is 6.08 Å². The van der Waals surface area contributed by atoms with Crippen molar-refractivity contribution in [2.45, 2.75) is 33.2 Å². The minimum absolute atomic E-state index is 0.0154. The standard InChI is InChI=1S/C21H25N5O5S/c1-13(27)23-7-9-24(10-8-23)17-6-5-15(26(30)31)11-14(17)12-16-18(28)22-20(32)25(19(16)29)21(2,3)4/h5-6,11-12H,7-10H2,1-4H3,(H,22,28,32)/b16-12-. The van der Waals surface area contributed by atoms with Gasteiger partial charge in [-0.1, -0.05) is 0 Å². The molecule has 2 fully saturated rings. The second-order valence-corrected chi connectivity index (χ2v) is 9.01. The molecule has 1 N–H and O–H groups in total. The molecule has 0 radical (unpaired) electrons. The van der Waals surface area contributed by atoms with Crippen LogP contribution in [0.4, 0.5) is 11.4 Å². The normalized spacial score (nSPS) is 18.8.